The van der Waals surface area contributed by atoms with Crippen LogP contribution in [-0.2, 0) is 4.79 Å². The van der Waals surface area contributed by atoms with Crippen molar-refractivity contribution in [1.29, 1.82) is 0 Å². The molecule has 1 saturated heterocycles. The first-order valence-corrected chi connectivity index (χ1v) is 8.69. The molecule has 2 aliphatic rings. The summed E-state index contributed by atoms with van der Waals surface area (Å²) in [6.07, 6.45) is 11.2. The standard InChI is InChI=1S/C17H32N2O/c1-14(2)19(13-16-10-7-11-18-16)17(20)12-15-8-5-3-4-6-9-15/h14-16,18H,3-13H2,1-2H3. The fourth-order valence-corrected chi connectivity index (χ4v) is 3.68. The second kappa shape index (κ2) is 8.02. The van der Waals surface area contributed by atoms with Crippen LogP contribution in [0.1, 0.15) is 71.6 Å². The minimum atomic E-state index is 0.329. The molecule has 2 rings (SSSR count). The number of carbonyl (C=O) groups excluding carboxylic acids is 1. The van der Waals surface area contributed by atoms with Crippen LogP contribution < -0.4 is 5.32 Å². The lowest BCUT2D eigenvalue weighted by molar-refractivity contribution is -0.134. The van der Waals surface area contributed by atoms with E-state index in [1.807, 2.05) is 0 Å². The van der Waals surface area contributed by atoms with Crippen LogP contribution >= 0.6 is 0 Å². The van der Waals surface area contributed by atoms with Crippen molar-refractivity contribution in [3.05, 3.63) is 0 Å². The Balaban J connectivity index is 1.85. The summed E-state index contributed by atoms with van der Waals surface area (Å²) in [5, 5.41) is 3.52. The molecule has 1 N–H and O–H groups in total. The first-order chi connectivity index (χ1) is 9.66. The molecule has 0 radical (unpaired) electrons. The highest BCUT2D eigenvalue weighted by Crippen LogP contribution is 2.26. The summed E-state index contributed by atoms with van der Waals surface area (Å²) in [6.45, 7) is 6.33. The first kappa shape index (κ1) is 15.8. The van der Waals surface area contributed by atoms with Gasteiger partial charge in [0.2, 0.25) is 5.91 Å². The van der Waals surface area contributed by atoms with Crippen molar-refractivity contribution in [2.24, 2.45) is 5.92 Å². The molecule has 1 aliphatic carbocycles. The van der Waals surface area contributed by atoms with E-state index in [4.69, 9.17) is 0 Å². The van der Waals surface area contributed by atoms with Gasteiger partial charge in [0.1, 0.15) is 0 Å². The Labute approximate surface area is 124 Å². The van der Waals surface area contributed by atoms with E-state index in [0.29, 0.717) is 23.9 Å². The van der Waals surface area contributed by atoms with Crippen LogP contribution in [0.4, 0.5) is 0 Å². The molecule has 3 nitrogen and oxygen atoms in total. The van der Waals surface area contributed by atoms with Gasteiger partial charge in [0, 0.05) is 25.0 Å². The molecule has 1 aliphatic heterocycles. The van der Waals surface area contributed by atoms with Crippen LogP contribution in [0.25, 0.3) is 0 Å². The van der Waals surface area contributed by atoms with E-state index in [1.165, 1.54) is 51.4 Å². The largest absolute Gasteiger partial charge is 0.339 e. The van der Waals surface area contributed by atoms with Gasteiger partial charge in [-0.15, -0.1) is 0 Å². The SMILES string of the molecule is CC(C)N(CC1CCCN1)C(=O)CC1CCCCCC1. The van der Waals surface area contributed by atoms with Crippen LogP contribution in [-0.4, -0.2) is 36.0 Å². The molecule has 116 valence electrons. The van der Waals surface area contributed by atoms with E-state index >= 15 is 0 Å². The van der Waals surface area contributed by atoms with Crippen molar-refractivity contribution >= 4 is 5.91 Å². The van der Waals surface area contributed by atoms with Gasteiger partial charge in [-0.1, -0.05) is 25.7 Å². The zero-order chi connectivity index (χ0) is 14.4. The normalized spacial score (nSPS) is 24.9. The lowest BCUT2D eigenvalue weighted by atomic mass is 9.95. The predicted octanol–water partition coefficient (Wildman–Crippen LogP) is 3.34. The van der Waals surface area contributed by atoms with E-state index in [2.05, 4.69) is 24.1 Å². The number of hydrogen-bond donors (Lipinski definition) is 1. The van der Waals surface area contributed by atoms with Crippen molar-refractivity contribution in [3.8, 4) is 0 Å². The molecule has 0 aromatic heterocycles. The van der Waals surface area contributed by atoms with Gasteiger partial charge in [0.15, 0.2) is 0 Å². The number of hydrogen-bond acceptors (Lipinski definition) is 2. The highest BCUT2D eigenvalue weighted by atomic mass is 16.2. The summed E-state index contributed by atoms with van der Waals surface area (Å²) in [5.41, 5.74) is 0. The number of rotatable bonds is 5. The maximum Gasteiger partial charge on any atom is 0.223 e. The lowest BCUT2D eigenvalue weighted by Crippen LogP contribution is -2.45. The minimum absolute atomic E-state index is 0.329. The predicted molar refractivity (Wildman–Crippen MR) is 83.7 cm³/mol. The molecule has 0 aromatic rings. The number of nitrogens with one attached hydrogen (secondary N) is 1. The smallest absolute Gasteiger partial charge is 0.223 e. The minimum Gasteiger partial charge on any atom is -0.339 e. The molecular weight excluding hydrogens is 248 g/mol. The summed E-state index contributed by atoms with van der Waals surface area (Å²) in [4.78, 5) is 14.8. The van der Waals surface area contributed by atoms with Crippen molar-refractivity contribution in [3.63, 3.8) is 0 Å². The van der Waals surface area contributed by atoms with Crippen molar-refractivity contribution in [2.45, 2.75) is 83.7 Å². The Morgan fingerprint density at radius 2 is 1.80 bits per heavy atom. The third-order valence-electron chi connectivity index (χ3n) is 4.96. The van der Waals surface area contributed by atoms with E-state index in [9.17, 15) is 4.79 Å². The Hall–Kier alpha value is -0.570. The number of amides is 1. The van der Waals surface area contributed by atoms with E-state index in [1.54, 1.807) is 0 Å². The van der Waals surface area contributed by atoms with Gasteiger partial charge in [-0.2, -0.15) is 0 Å². The molecule has 1 atom stereocenters. The monoisotopic (exact) mass is 280 g/mol. The molecule has 1 unspecified atom stereocenters. The van der Waals surface area contributed by atoms with Gasteiger partial charge in [0.05, 0.1) is 0 Å². The first-order valence-electron chi connectivity index (χ1n) is 8.69. The Kier molecular flexibility index (Phi) is 6.34. The fourth-order valence-electron chi connectivity index (χ4n) is 3.68. The van der Waals surface area contributed by atoms with Gasteiger partial charge in [-0.3, -0.25) is 4.79 Å². The average Bonchev–Trinajstić information content (AvgIpc) is 2.79. The average molecular weight is 280 g/mol. The number of nitrogens with zero attached hydrogens (tertiary/aromatic N) is 1. The molecule has 1 amide bonds. The van der Waals surface area contributed by atoms with Crippen molar-refractivity contribution in [1.82, 2.24) is 10.2 Å². The second-order valence-corrected chi connectivity index (χ2v) is 6.99. The van der Waals surface area contributed by atoms with Gasteiger partial charge in [-0.05, 0) is 52.0 Å². The summed E-state index contributed by atoms with van der Waals surface area (Å²) in [5.74, 6) is 1.03. The quantitative estimate of drug-likeness (QED) is 0.783. The van der Waals surface area contributed by atoms with Crippen LogP contribution in [0.15, 0.2) is 0 Å². The van der Waals surface area contributed by atoms with Crippen molar-refractivity contribution in [2.75, 3.05) is 13.1 Å². The summed E-state index contributed by atoms with van der Waals surface area (Å²) in [6, 6.07) is 0.853. The Morgan fingerprint density at radius 3 is 2.35 bits per heavy atom. The van der Waals surface area contributed by atoms with E-state index < -0.39 is 0 Å². The molecule has 1 saturated carbocycles. The van der Waals surface area contributed by atoms with E-state index in [0.717, 1.165) is 19.5 Å². The molecule has 3 heteroatoms. The van der Waals surface area contributed by atoms with Gasteiger partial charge < -0.3 is 10.2 Å². The molecule has 20 heavy (non-hydrogen) atoms. The third-order valence-corrected chi connectivity index (χ3v) is 4.96. The zero-order valence-corrected chi connectivity index (χ0v) is 13.4. The topological polar surface area (TPSA) is 32.3 Å². The number of carbonyl (C=O) groups is 1. The lowest BCUT2D eigenvalue weighted by Gasteiger charge is -2.31. The zero-order valence-electron chi connectivity index (χ0n) is 13.4. The summed E-state index contributed by atoms with van der Waals surface area (Å²) >= 11 is 0. The van der Waals surface area contributed by atoms with Crippen LogP contribution in [0.3, 0.4) is 0 Å². The molecular formula is C17H32N2O. The maximum absolute atomic E-state index is 12.7. The van der Waals surface area contributed by atoms with Gasteiger partial charge in [-0.25, -0.2) is 0 Å². The molecule has 2 fully saturated rings. The van der Waals surface area contributed by atoms with Crippen molar-refractivity contribution < 1.29 is 4.79 Å². The Bertz CT molecular complexity index is 289. The highest BCUT2D eigenvalue weighted by Gasteiger charge is 2.25. The second-order valence-electron chi connectivity index (χ2n) is 6.99. The van der Waals surface area contributed by atoms with Gasteiger partial charge in [0.25, 0.3) is 0 Å². The molecule has 0 bridgehead atoms. The maximum atomic E-state index is 12.7. The summed E-state index contributed by atoms with van der Waals surface area (Å²) in [7, 11) is 0. The Morgan fingerprint density at radius 1 is 1.10 bits per heavy atom. The van der Waals surface area contributed by atoms with Gasteiger partial charge >= 0.3 is 0 Å². The van der Waals surface area contributed by atoms with E-state index in [-0.39, 0.29) is 0 Å². The fraction of sp³-hybridized carbons (Fsp3) is 0.941. The highest BCUT2D eigenvalue weighted by molar-refractivity contribution is 5.76. The molecule has 0 aromatic carbocycles. The third kappa shape index (κ3) is 4.76. The van der Waals surface area contributed by atoms with Crippen LogP contribution in [0, 0.1) is 5.92 Å². The summed E-state index contributed by atoms with van der Waals surface area (Å²) < 4.78 is 0. The van der Waals surface area contributed by atoms with Crippen LogP contribution in [0.5, 0.6) is 0 Å². The molecule has 0 spiro atoms. The molecule has 1 heterocycles. The van der Waals surface area contributed by atoms with Crippen LogP contribution in [0.2, 0.25) is 0 Å².